The molecule has 0 aliphatic rings. The van der Waals surface area contributed by atoms with Gasteiger partial charge in [0.15, 0.2) is 5.11 Å². The summed E-state index contributed by atoms with van der Waals surface area (Å²) in [5.74, 6) is 0. The van der Waals surface area contributed by atoms with Gasteiger partial charge in [-0.2, -0.15) is 0 Å². The van der Waals surface area contributed by atoms with Gasteiger partial charge in [-0.1, -0.05) is 0 Å². The molecule has 0 atom stereocenters. The van der Waals surface area contributed by atoms with Crippen LogP contribution in [0.2, 0.25) is 0 Å². The Kier molecular flexibility index (Phi) is 5.26. The quantitative estimate of drug-likeness (QED) is 0.655. The lowest BCUT2D eigenvalue weighted by Crippen LogP contribution is -2.31. The molecule has 1 aromatic carbocycles. The topological polar surface area (TPSA) is 46.2 Å². The zero-order chi connectivity index (χ0) is 13.5. The number of anilines is 1. The number of methoxy groups -OCH3 is 1. The lowest BCUT2D eigenvalue weighted by atomic mass is 10.2. The van der Waals surface area contributed by atoms with Gasteiger partial charge in [0.05, 0.1) is 6.61 Å². The minimum absolute atomic E-state index is 0.596. The van der Waals surface area contributed by atoms with Gasteiger partial charge in [-0.05, 0) is 36.5 Å². The first-order chi connectivity index (χ1) is 9.29. The van der Waals surface area contributed by atoms with Crippen molar-refractivity contribution < 1.29 is 4.74 Å². The van der Waals surface area contributed by atoms with E-state index in [0.717, 1.165) is 16.3 Å². The summed E-state index contributed by atoms with van der Waals surface area (Å²) in [4.78, 5) is 4.27. The SMILES string of the molecule is COCCNC(=S)Nc1ccc(-c2nccs2)cc1. The summed E-state index contributed by atoms with van der Waals surface area (Å²) in [5.41, 5.74) is 2.06. The Morgan fingerprint density at radius 1 is 1.37 bits per heavy atom. The molecule has 0 saturated heterocycles. The summed E-state index contributed by atoms with van der Waals surface area (Å²) in [5, 5.41) is 9.77. The second-order valence-corrected chi connectivity index (χ2v) is 5.09. The van der Waals surface area contributed by atoms with Gasteiger partial charge in [-0.15, -0.1) is 11.3 Å². The highest BCUT2D eigenvalue weighted by Crippen LogP contribution is 2.23. The Balaban J connectivity index is 1.90. The van der Waals surface area contributed by atoms with E-state index < -0.39 is 0 Å². The maximum absolute atomic E-state index is 5.17. The third-order valence-corrected chi connectivity index (χ3v) is 3.48. The Morgan fingerprint density at radius 3 is 2.79 bits per heavy atom. The Bertz CT molecular complexity index is 511. The van der Waals surface area contributed by atoms with Crippen molar-refractivity contribution in [2.75, 3.05) is 25.6 Å². The number of aromatic nitrogens is 1. The molecule has 1 aromatic heterocycles. The van der Waals surface area contributed by atoms with Crippen molar-refractivity contribution in [3.8, 4) is 10.6 Å². The third-order valence-electron chi connectivity index (χ3n) is 2.41. The average molecular weight is 293 g/mol. The molecule has 1 heterocycles. The van der Waals surface area contributed by atoms with Crippen molar-refractivity contribution in [2.45, 2.75) is 0 Å². The molecule has 2 aromatic rings. The van der Waals surface area contributed by atoms with Crippen LogP contribution in [0.4, 0.5) is 5.69 Å². The summed E-state index contributed by atoms with van der Waals surface area (Å²) in [6, 6.07) is 8.03. The maximum Gasteiger partial charge on any atom is 0.170 e. The molecule has 2 N–H and O–H groups in total. The van der Waals surface area contributed by atoms with Gasteiger partial charge in [0.1, 0.15) is 5.01 Å². The van der Waals surface area contributed by atoms with Gasteiger partial charge < -0.3 is 15.4 Å². The lowest BCUT2D eigenvalue weighted by molar-refractivity contribution is 0.204. The molecule has 0 unspecified atom stereocenters. The fourth-order valence-corrected chi connectivity index (χ4v) is 2.37. The van der Waals surface area contributed by atoms with E-state index in [1.54, 1.807) is 24.6 Å². The van der Waals surface area contributed by atoms with Crippen molar-refractivity contribution in [2.24, 2.45) is 0 Å². The fourth-order valence-electron chi connectivity index (χ4n) is 1.50. The van der Waals surface area contributed by atoms with E-state index in [0.29, 0.717) is 18.3 Å². The van der Waals surface area contributed by atoms with Gasteiger partial charge in [0.25, 0.3) is 0 Å². The summed E-state index contributed by atoms with van der Waals surface area (Å²) >= 11 is 6.80. The van der Waals surface area contributed by atoms with E-state index in [9.17, 15) is 0 Å². The Hall–Kier alpha value is -1.50. The predicted molar refractivity (Wildman–Crippen MR) is 83.6 cm³/mol. The number of benzene rings is 1. The van der Waals surface area contributed by atoms with Crippen LogP contribution in [-0.2, 0) is 4.74 Å². The number of ether oxygens (including phenoxy) is 1. The molecule has 0 amide bonds. The zero-order valence-corrected chi connectivity index (χ0v) is 12.2. The van der Waals surface area contributed by atoms with Crippen LogP contribution in [0.15, 0.2) is 35.8 Å². The molecule has 0 aliphatic carbocycles. The number of thiocarbonyl (C=S) groups is 1. The molecule has 0 radical (unpaired) electrons. The molecular formula is C13H15N3OS2. The summed E-state index contributed by atoms with van der Waals surface area (Å²) in [6.45, 7) is 1.32. The maximum atomic E-state index is 5.17. The molecule has 100 valence electrons. The van der Waals surface area contributed by atoms with Crippen LogP contribution in [0.3, 0.4) is 0 Å². The van der Waals surface area contributed by atoms with Crippen LogP contribution >= 0.6 is 23.6 Å². The van der Waals surface area contributed by atoms with Crippen LogP contribution in [-0.4, -0.2) is 30.4 Å². The van der Waals surface area contributed by atoms with Crippen LogP contribution in [0.25, 0.3) is 10.6 Å². The zero-order valence-electron chi connectivity index (χ0n) is 10.6. The second kappa shape index (κ2) is 7.18. The van der Waals surface area contributed by atoms with Crippen LogP contribution in [0, 0.1) is 0 Å². The largest absolute Gasteiger partial charge is 0.383 e. The second-order valence-electron chi connectivity index (χ2n) is 3.79. The predicted octanol–water partition coefficient (Wildman–Crippen LogP) is 2.74. The van der Waals surface area contributed by atoms with Crippen molar-refractivity contribution in [1.29, 1.82) is 0 Å². The van der Waals surface area contributed by atoms with E-state index in [2.05, 4.69) is 15.6 Å². The molecule has 0 saturated carbocycles. The number of nitrogens with one attached hydrogen (secondary N) is 2. The molecule has 0 bridgehead atoms. The number of hydrogen-bond donors (Lipinski definition) is 2. The minimum atomic E-state index is 0.596. The third kappa shape index (κ3) is 4.27. The highest BCUT2D eigenvalue weighted by molar-refractivity contribution is 7.80. The van der Waals surface area contributed by atoms with Gasteiger partial charge in [0, 0.05) is 36.5 Å². The minimum Gasteiger partial charge on any atom is -0.383 e. The Labute approximate surface area is 121 Å². The fraction of sp³-hybridized carbons (Fsp3) is 0.231. The highest BCUT2D eigenvalue weighted by atomic mass is 32.1. The number of rotatable bonds is 5. The summed E-state index contributed by atoms with van der Waals surface area (Å²) in [6.07, 6.45) is 1.81. The van der Waals surface area contributed by atoms with Gasteiger partial charge in [-0.25, -0.2) is 4.98 Å². The first-order valence-corrected chi connectivity index (χ1v) is 7.12. The van der Waals surface area contributed by atoms with Gasteiger partial charge in [0.2, 0.25) is 0 Å². The summed E-state index contributed by atoms with van der Waals surface area (Å²) < 4.78 is 4.94. The molecule has 0 fully saturated rings. The average Bonchev–Trinajstić information content (AvgIpc) is 2.94. The number of thiazole rings is 1. The Morgan fingerprint density at radius 2 is 2.16 bits per heavy atom. The molecular weight excluding hydrogens is 278 g/mol. The first kappa shape index (κ1) is 13.9. The van der Waals surface area contributed by atoms with E-state index in [4.69, 9.17) is 17.0 Å². The van der Waals surface area contributed by atoms with Gasteiger partial charge in [-0.3, -0.25) is 0 Å². The smallest absolute Gasteiger partial charge is 0.170 e. The van der Waals surface area contributed by atoms with E-state index >= 15 is 0 Å². The highest BCUT2D eigenvalue weighted by Gasteiger charge is 2.01. The van der Waals surface area contributed by atoms with E-state index in [1.807, 2.05) is 29.6 Å². The standard InChI is InChI=1S/C13H15N3OS2/c1-17-8-6-15-13(18)16-11-4-2-10(3-5-11)12-14-7-9-19-12/h2-5,7,9H,6,8H2,1H3,(H2,15,16,18). The molecule has 6 heteroatoms. The number of hydrogen-bond acceptors (Lipinski definition) is 4. The monoisotopic (exact) mass is 293 g/mol. The first-order valence-electron chi connectivity index (χ1n) is 5.83. The summed E-state index contributed by atoms with van der Waals surface area (Å²) in [7, 11) is 1.66. The van der Waals surface area contributed by atoms with E-state index in [-0.39, 0.29) is 0 Å². The van der Waals surface area contributed by atoms with Crippen molar-refractivity contribution in [3.05, 3.63) is 35.8 Å². The van der Waals surface area contributed by atoms with Gasteiger partial charge >= 0.3 is 0 Å². The van der Waals surface area contributed by atoms with Crippen LogP contribution < -0.4 is 10.6 Å². The van der Waals surface area contributed by atoms with Crippen LogP contribution in [0.1, 0.15) is 0 Å². The normalized spacial score (nSPS) is 10.2. The van der Waals surface area contributed by atoms with E-state index in [1.165, 1.54) is 0 Å². The van der Waals surface area contributed by atoms with Crippen LogP contribution in [0.5, 0.6) is 0 Å². The van der Waals surface area contributed by atoms with Crippen molar-refractivity contribution in [1.82, 2.24) is 10.3 Å². The molecule has 4 nitrogen and oxygen atoms in total. The number of nitrogens with zero attached hydrogens (tertiary/aromatic N) is 1. The van der Waals surface area contributed by atoms with Crippen molar-refractivity contribution >= 4 is 34.4 Å². The lowest BCUT2D eigenvalue weighted by Gasteiger charge is -2.10. The molecule has 19 heavy (non-hydrogen) atoms. The van der Waals surface area contributed by atoms with Crippen molar-refractivity contribution in [3.63, 3.8) is 0 Å². The molecule has 0 aliphatic heterocycles. The molecule has 2 rings (SSSR count). The molecule has 0 spiro atoms.